The number of amides is 1. The summed E-state index contributed by atoms with van der Waals surface area (Å²) >= 11 is 0. The lowest BCUT2D eigenvalue weighted by molar-refractivity contribution is 0.0292. The highest BCUT2D eigenvalue weighted by molar-refractivity contribution is 7.53. The first-order valence-corrected chi connectivity index (χ1v) is 9.63. The van der Waals surface area contributed by atoms with Crippen LogP contribution in [0.5, 0.6) is 0 Å². The second-order valence-electron chi connectivity index (χ2n) is 6.82. The summed E-state index contributed by atoms with van der Waals surface area (Å²) in [5, 5.41) is 0. The molecule has 1 fully saturated rings. The van der Waals surface area contributed by atoms with Crippen molar-refractivity contribution in [2.24, 2.45) is 0 Å². The highest BCUT2D eigenvalue weighted by atomic mass is 31.2. The first-order valence-electron chi connectivity index (χ1n) is 7.99. The first-order chi connectivity index (χ1) is 11.1. The van der Waals surface area contributed by atoms with Crippen LogP contribution in [0.3, 0.4) is 0 Å². The molecular formula is C16H25N2O5P. The van der Waals surface area contributed by atoms with Gasteiger partial charge in [-0.1, -0.05) is 0 Å². The fraction of sp³-hybridized carbons (Fsp3) is 0.625. The van der Waals surface area contributed by atoms with E-state index in [4.69, 9.17) is 9.26 Å². The molecule has 8 heteroatoms. The van der Waals surface area contributed by atoms with E-state index in [1.165, 1.54) is 4.90 Å². The standard InChI is InChI=1S/C16H25N2O5P/c1-5-22-24(20,21)14-11-18(15(19)23-16(2,3)4)10-13(14)12-6-8-17-9-7-12/h6-9,13-14H,5,10-11H2,1-4H3,(H,20,21). The van der Waals surface area contributed by atoms with Crippen LogP contribution in [-0.2, 0) is 13.8 Å². The van der Waals surface area contributed by atoms with E-state index in [0.29, 0.717) is 6.54 Å². The minimum absolute atomic E-state index is 0.121. The summed E-state index contributed by atoms with van der Waals surface area (Å²) in [7, 11) is -3.86. The van der Waals surface area contributed by atoms with Crippen molar-refractivity contribution < 1.29 is 23.5 Å². The molecule has 0 saturated carbocycles. The molecule has 2 heterocycles. The minimum atomic E-state index is -3.86. The van der Waals surface area contributed by atoms with Gasteiger partial charge in [0.15, 0.2) is 0 Å². The lowest BCUT2D eigenvalue weighted by Gasteiger charge is -2.24. The average molecular weight is 356 g/mol. The van der Waals surface area contributed by atoms with Crippen molar-refractivity contribution in [1.29, 1.82) is 0 Å². The van der Waals surface area contributed by atoms with E-state index in [1.54, 1.807) is 52.2 Å². The molecule has 1 N–H and O–H groups in total. The quantitative estimate of drug-likeness (QED) is 0.834. The molecule has 0 aliphatic carbocycles. The average Bonchev–Trinajstić information content (AvgIpc) is 2.92. The molecule has 134 valence electrons. The molecule has 1 aromatic heterocycles. The second kappa shape index (κ2) is 7.21. The van der Waals surface area contributed by atoms with Crippen LogP contribution in [0.25, 0.3) is 0 Å². The summed E-state index contributed by atoms with van der Waals surface area (Å²) in [6, 6.07) is 3.59. The molecule has 1 aliphatic rings. The molecule has 3 unspecified atom stereocenters. The van der Waals surface area contributed by atoms with Crippen LogP contribution in [0, 0.1) is 0 Å². The summed E-state index contributed by atoms with van der Waals surface area (Å²) in [5.74, 6) is -0.303. The van der Waals surface area contributed by atoms with Crippen molar-refractivity contribution in [3.63, 3.8) is 0 Å². The third kappa shape index (κ3) is 4.56. The lowest BCUT2D eigenvalue weighted by atomic mass is 9.99. The number of rotatable bonds is 4. The summed E-state index contributed by atoms with van der Waals surface area (Å²) < 4.78 is 23.1. The highest BCUT2D eigenvalue weighted by Crippen LogP contribution is 2.55. The van der Waals surface area contributed by atoms with E-state index < -0.39 is 24.9 Å². The van der Waals surface area contributed by atoms with Crippen LogP contribution in [0.4, 0.5) is 4.79 Å². The van der Waals surface area contributed by atoms with Gasteiger partial charge in [-0.25, -0.2) is 4.79 Å². The summed E-state index contributed by atoms with van der Waals surface area (Å²) in [4.78, 5) is 28.1. The number of nitrogens with zero attached hydrogens (tertiary/aromatic N) is 2. The smallest absolute Gasteiger partial charge is 0.410 e. The molecule has 1 saturated heterocycles. The van der Waals surface area contributed by atoms with Gasteiger partial charge in [-0.05, 0) is 45.4 Å². The third-order valence-electron chi connectivity index (χ3n) is 3.81. The van der Waals surface area contributed by atoms with E-state index in [0.717, 1.165) is 5.56 Å². The largest absolute Gasteiger partial charge is 0.444 e. The number of carbonyl (C=O) groups is 1. The van der Waals surface area contributed by atoms with Gasteiger partial charge in [-0.3, -0.25) is 9.55 Å². The Morgan fingerprint density at radius 2 is 2.00 bits per heavy atom. The van der Waals surface area contributed by atoms with Crippen LogP contribution in [0.2, 0.25) is 0 Å². The highest BCUT2D eigenvalue weighted by Gasteiger charge is 2.47. The number of hydrogen-bond donors (Lipinski definition) is 1. The Kier molecular flexibility index (Phi) is 5.68. The normalized spacial score (nSPS) is 23.8. The molecule has 0 radical (unpaired) electrons. The van der Waals surface area contributed by atoms with Crippen LogP contribution in [0.1, 0.15) is 39.2 Å². The molecule has 0 aromatic carbocycles. The Morgan fingerprint density at radius 1 is 1.38 bits per heavy atom. The summed E-state index contributed by atoms with van der Waals surface area (Å²) in [6.07, 6.45) is 2.78. The topological polar surface area (TPSA) is 89.0 Å². The second-order valence-corrected chi connectivity index (χ2v) is 8.87. The predicted octanol–water partition coefficient (Wildman–Crippen LogP) is 3.01. The van der Waals surface area contributed by atoms with Gasteiger partial charge in [0.2, 0.25) is 0 Å². The summed E-state index contributed by atoms with van der Waals surface area (Å²) in [6.45, 7) is 7.60. The lowest BCUT2D eigenvalue weighted by Crippen LogP contribution is -2.35. The van der Waals surface area contributed by atoms with E-state index in [2.05, 4.69) is 4.98 Å². The van der Waals surface area contributed by atoms with E-state index in [-0.39, 0.29) is 19.1 Å². The van der Waals surface area contributed by atoms with Crippen LogP contribution in [0.15, 0.2) is 24.5 Å². The van der Waals surface area contributed by atoms with Gasteiger partial charge in [0.1, 0.15) is 5.60 Å². The zero-order valence-electron chi connectivity index (χ0n) is 14.5. The molecule has 1 amide bonds. The van der Waals surface area contributed by atoms with Crippen molar-refractivity contribution in [2.75, 3.05) is 19.7 Å². The molecular weight excluding hydrogens is 331 g/mol. The number of likely N-dealkylation sites (tertiary alicyclic amines) is 1. The maximum atomic E-state index is 12.6. The van der Waals surface area contributed by atoms with E-state index in [9.17, 15) is 14.3 Å². The maximum Gasteiger partial charge on any atom is 0.410 e. The van der Waals surface area contributed by atoms with Crippen molar-refractivity contribution in [3.05, 3.63) is 30.1 Å². The Bertz CT molecular complexity index is 617. The number of hydrogen-bond acceptors (Lipinski definition) is 5. The van der Waals surface area contributed by atoms with Crippen LogP contribution in [-0.4, -0.2) is 51.8 Å². The molecule has 1 aromatic rings. The Balaban J connectivity index is 2.26. The Labute approximate surface area is 142 Å². The molecule has 1 aliphatic heterocycles. The predicted molar refractivity (Wildman–Crippen MR) is 90.0 cm³/mol. The molecule has 0 bridgehead atoms. The molecule has 7 nitrogen and oxygen atoms in total. The molecule has 0 spiro atoms. The SMILES string of the molecule is CCOP(=O)(O)C1CN(C(=O)OC(C)(C)C)CC1c1ccncc1. The number of aromatic nitrogens is 1. The minimum Gasteiger partial charge on any atom is -0.444 e. The fourth-order valence-electron chi connectivity index (χ4n) is 2.81. The van der Waals surface area contributed by atoms with Gasteiger partial charge in [0.25, 0.3) is 0 Å². The fourth-order valence-corrected chi connectivity index (χ4v) is 4.50. The zero-order valence-corrected chi connectivity index (χ0v) is 15.4. The third-order valence-corrected chi connectivity index (χ3v) is 5.80. The summed E-state index contributed by atoms with van der Waals surface area (Å²) in [5.41, 5.74) is -0.452. The van der Waals surface area contributed by atoms with E-state index in [1.807, 2.05) is 0 Å². The van der Waals surface area contributed by atoms with E-state index >= 15 is 0 Å². The number of carbonyl (C=O) groups excluding carboxylic acids is 1. The zero-order chi connectivity index (χ0) is 18.0. The van der Waals surface area contributed by atoms with Crippen molar-refractivity contribution in [2.45, 2.75) is 44.9 Å². The van der Waals surface area contributed by atoms with Gasteiger partial charge in [-0.15, -0.1) is 0 Å². The van der Waals surface area contributed by atoms with Gasteiger partial charge in [0, 0.05) is 31.4 Å². The maximum absolute atomic E-state index is 12.6. The monoisotopic (exact) mass is 356 g/mol. The molecule has 24 heavy (non-hydrogen) atoms. The van der Waals surface area contributed by atoms with Crippen LogP contribution >= 0.6 is 7.60 Å². The van der Waals surface area contributed by atoms with Gasteiger partial charge in [0.05, 0.1) is 12.3 Å². The number of ether oxygens (including phenoxy) is 1. The van der Waals surface area contributed by atoms with Crippen molar-refractivity contribution >= 4 is 13.7 Å². The molecule has 2 rings (SSSR count). The van der Waals surface area contributed by atoms with Gasteiger partial charge in [-0.2, -0.15) is 0 Å². The first kappa shape index (κ1) is 18.9. The number of pyridine rings is 1. The Hall–Kier alpha value is -1.43. The van der Waals surface area contributed by atoms with Crippen molar-refractivity contribution in [3.8, 4) is 0 Å². The van der Waals surface area contributed by atoms with Gasteiger partial charge >= 0.3 is 13.7 Å². The molecule has 3 atom stereocenters. The Morgan fingerprint density at radius 3 is 2.54 bits per heavy atom. The van der Waals surface area contributed by atoms with Crippen molar-refractivity contribution in [1.82, 2.24) is 9.88 Å². The van der Waals surface area contributed by atoms with Gasteiger partial charge < -0.3 is 19.1 Å². The van der Waals surface area contributed by atoms with Crippen LogP contribution < -0.4 is 0 Å².